The maximum atomic E-state index is 13.3. The van der Waals surface area contributed by atoms with E-state index < -0.39 is 36.1 Å². The minimum atomic E-state index is -4.66. The van der Waals surface area contributed by atoms with Crippen LogP contribution in [0.5, 0.6) is 5.75 Å². The summed E-state index contributed by atoms with van der Waals surface area (Å²) < 4.78 is 45.0. The van der Waals surface area contributed by atoms with E-state index in [1.165, 1.54) is 18.3 Å². The Labute approximate surface area is 148 Å². The molecule has 1 aromatic carbocycles. The van der Waals surface area contributed by atoms with E-state index in [0.717, 1.165) is 12.1 Å². The maximum Gasteiger partial charge on any atom is 0.416 e. The number of halogens is 3. The number of amides is 1. The normalized spacial score (nSPS) is 11.3. The lowest BCUT2D eigenvalue weighted by atomic mass is 10.1. The van der Waals surface area contributed by atoms with Gasteiger partial charge in [-0.15, -0.1) is 0 Å². The molecule has 0 fully saturated rings. The fourth-order valence-electron chi connectivity index (χ4n) is 2.09. The highest BCUT2D eigenvalue weighted by Crippen LogP contribution is 2.36. The quantitative estimate of drug-likeness (QED) is 0.649. The third kappa shape index (κ3) is 4.81. The number of alkyl halides is 3. The number of ether oxygens (including phenoxy) is 1. The van der Waals surface area contributed by atoms with Crippen LogP contribution in [0.1, 0.15) is 35.5 Å². The number of esters is 1. The van der Waals surface area contributed by atoms with Crippen LogP contribution in [-0.4, -0.2) is 16.9 Å². The van der Waals surface area contributed by atoms with Gasteiger partial charge >= 0.3 is 12.1 Å². The number of nitrogens with zero attached hydrogens (tertiary/aromatic N) is 1. The molecule has 0 spiro atoms. The first-order valence-corrected chi connectivity index (χ1v) is 7.80. The van der Waals surface area contributed by atoms with Crippen LogP contribution < -0.4 is 10.1 Å². The Hall–Kier alpha value is -2.90. The van der Waals surface area contributed by atoms with Crippen LogP contribution in [0, 0.1) is 5.92 Å². The van der Waals surface area contributed by atoms with Crippen LogP contribution in [-0.2, 0) is 17.5 Å². The standard InChI is InChI=1S/C18H17F3N2O3/c1-11(2)17(25)26-15-8-5-6-13(18(19,20)21)12(15)10-23-16(24)14-7-3-4-9-22-14/h3-9,11H,10H2,1-2H3,(H,23,24). The summed E-state index contributed by atoms with van der Waals surface area (Å²) in [5.41, 5.74) is -1.23. The lowest BCUT2D eigenvalue weighted by Crippen LogP contribution is -2.26. The van der Waals surface area contributed by atoms with Crippen molar-refractivity contribution < 1.29 is 27.5 Å². The van der Waals surface area contributed by atoms with E-state index in [9.17, 15) is 22.8 Å². The number of carbonyl (C=O) groups excluding carboxylic acids is 2. The summed E-state index contributed by atoms with van der Waals surface area (Å²) in [5, 5.41) is 2.38. The Bertz CT molecular complexity index is 790. The third-order valence-electron chi connectivity index (χ3n) is 3.44. The molecule has 0 aliphatic carbocycles. The number of carbonyl (C=O) groups is 2. The van der Waals surface area contributed by atoms with Gasteiger partial charge in [-0.05, 0) is 24.3 Å². The zero-order chi connectivity index (χ0) is 19.3. The zero-order valence-electron chi connectivity index (χ0n) is 14.1. The van der Waals surface area contributed by atoms with E-state index in [1.54, 1.807) is 26.0 Å². The second kappa shape index (κ2) is 7.99. The molecule has 2 rings (SSSR count). The first kappa shape index (κ1) is 19.4. The van der Waals surface area contributed by atoms with Crippen LogP contribution in [0.2, 0.25) is 0 Å². The zero-order valence-corrected chi connectivity index (χ0v) is 14.1. The predicted octanol–water partition coefficient (Wildman–Crippen LogP) is 3.59. The minimum Gasteiger partial charge on any atom is -0.426 e. The van der Waals surface area contributed by atoms with Crippen LogP contribution in [0.3, 0.4) is 0 Å². The summed E-state index contributed by atoms with van der Waals surface area (Å²) in [6.45, 7) is 2.67. The molecule has 0 atom stereocenters. The first-order chi connectivity index (χ1) is 12.2. The molecule has 5 nitrogen and oxygen atoms in total. The Morgan fingerprint density at radius 2 is 1.88 bits per heavy atom. The van der Waals surface area contributed by atoms with Crippen molar-refractivity contribution in [3.05, 3.63) is 59.4 Å². The molecule has 0 saturated carbocycles. The average Bonchev–Trinajstić information content (AvgIpc) is 2.60. The van der Waals surface area contributed by atoms with Gasteiger partial charge in [0.05, 0.1) is 11.5 Å². The molecule has 1 heterocycles. The van der Waals surface area contributed by atoms with Gasteiger partial charge in [0.15, 0.2) is 0 Å². The Morgan fingerprint density at radius 3 is 2.46 bits per heavy atom. The molecule has 0 saturated heterocycles. The molecule has 0 unspecified atom stereocenters. The fourth-order valence-corrected chi connectivity index (χ4v) is 2.09. The lowest BCUT2D eigenvalue weighted by Gasteiger charge is -2.17. The second-order valence-corrected chi connectivity index (χ2v) is 5.75. The number of hydrogen-bond acceptors (Lipinski definition) is 4. The summed E-state index contributed by atoms with van der Waals surface area (Å²) in [6, 6.07) is 7.91. The van der Waals surface area contributed by atoms with Crippen molar-refractivity contribution in [3.63, 3.8) is 0 Å². The Morgan fingerprint density at radius 1 is 1.15 bits per heavy atom. The first-order valence-electron chi connectivity index (χ1n) is 7.80. The molecule has 1 aromatic heterocycles. The van der Waals surface area contributed by atoms with E-state index in [1.807, 2.05) is 0 Å². The van der Waals surface area contributed by atoms with Crippen molar-refractivity contribution in [2.24, 2.45) is 5.92 Å². The van der Waals surface area contributed by atoms with Gasteiger partial charge in [-0.2, -0.15) is 13.2 Å². The Kier molecular flexibility index (Phi) is 5.97. The van der Waals surface area contributed by atoms with Gasteiger partial charge in [0.1, 0.15) is 11.4 Å². The van der Waals surface area contributed by atoms with Crippen LogP contribution in [0.15, 0.2) is 42.6 Å². The molecule has 2 aromatic rings. The smallest absolute Gasteiger partial charge is 0.416 e. The van der Waals surface area contributed by atoms with Crippen molar-refractivity contribution in [2.45, 2.75) is 26.6 Å². The number of pyridine rings is 1. The molecule has 8 heteroatoms. The van der Waals surface area contributed by atoms with Crippen molar-refractivity contribution in [3.8, 4) is 5.75 Å². The highest BCUT2D eigenvalue weighted by molar-refractivity contribution is 5.92. The van der Waals surface area contributed by atoms with Crippen molar-refractivity contribution in [2.75, 3.05) is 0 Å². The van der Waals surface area contributed by atoms with Gasteiger partial charge in [0.25, 0.3) is 5.91 Å². The largest absolute Gasteiger partial charge is 0.426 e. The van der Waals surface area contributed by atoms with E-state index >= 15 is 0 Å². The lowest BCUT2D eigenvalue weighted by molar-refractivity contribution is -0.140. The van der Waals surface area contributed by atoms with E-state index in [-0.39, 0.29) is 17.0 Å². The Balaban J connectivity index is 2.31. The van der Waals surface area contributed by atoms with Crippen molar-refractivity contribution >= 4 is 11.9 Å². The second-order valence-electron chi connectivity index (χ2n) is 5.75. The molecule has 138 valence electrons. The van der Waals surface area contributed by atoms with Crippen LogP contribution in [0.4, 0.5) is 13.2 Å². The summed E-state index contributed by atoms with van der Waals surface area (Å²) in [5.74, 6) is -2.05. The van der Waals surface area contributed by atoms with Gasteiger partial charge < -0.3 is 10.1 Å². The van der Waals surface area contributed by atoms with Crippen molar-refractivity contribution in [1.82, 2.24) is 10.3 Å². The van der Waals surface area contributed by atoms with Crippen LogP contribution >= 0.6 is 0 Å². The third-order valence-corrected chi connectivity index (χ3v) is 3.44. The van der Waals surface area contributed by atoms with Gasteiger partial charge in [0, 0.05) is 18.3 Å². The van der Waals surface area contributed by atoms with Crippen molar-refractivity contribution in [1.29, 1.82) is 0 Å². The number of benzene rings is 1. The van der Waals surface area contributed by atoms with Gasteiger partial charge in [-0.3, -0.25) is 14.6 Å². The topological polar surface area (TPSA) is 68.3 Å². The number of hydrogen-bond donors (Lipinski definition) is 1. The molecule has 26 heavy (non-hydrogen) atoms. The number of rotatable bonds is 5. The van der Waals surface area contributed by atoms with E-state index in [4.69, 9.17) is 4.74 Å². The summed E-state index contributed by atoms with van der Waals surface area (Å²) in [7, 11) is 0. The van der Waals surface area contributed by atoms with Crippen LogP contribution in [0.25, 0.3) is 0 Å². The predicted molar refractivity (Wildman–Crippen MR) is 87.3 cm³/mol. The fraction of sp³-hybridized carbons (Fsp3) is 0.278. The van der Waals surface area contributed by atoms with Gasteiger partial charge in [0.2, 0.25) is 0 Å². The SMILES string of the molecule is CC(C)C(=O)Oc1cccc(C(F)(F)F)c1CNC(=O)c1ccccn1. The monoisotopic (exact) mass is 366 g/mol. The highest BCUT2D eigenvalue weighted by atomic mass is 19.4. The molecule has 0 bridgehead atoms. The molecular formula is C18H17F3N2O3. The van der Waals surface area contributed by atoms with Gasteiger partial charge in [-0.1, -0.05) is 26.0 Å². The molecule has 1 N–H and O–H groups in total. The number of nitrogens with one attached hydrogen (secondary N) is 1. The maximum absolute atomic E-state index is 13.3. The molecule has 0 aliphatic rings. The highest BCUT2D eigenvalue weighted by Gasteiger charge is 2.35. The summed E-state index contributed by atoms with van der Waals surface area (Å²) >= 11 is 0. The molecular weight excluding hydrogens is 349 g/mol. The molecule has 0 radical (unpaired) electrons. The molecule has 0 aliphatic heterocycles. The minimum absolute atomic E-state index is 0.0673. The van der Waals surface area contributed by atoms with E-state index in [0.29, 0.717) is 0 Å². The molecule has 1 amide bonds. The summed E-state index contributed by atoms with van der Waals surface area (Å²) in [6.07, 6.45) is -3.26. The van der Waals surface area contributed by atoms with Gasteiger partial charge in [-0.25, -0.2) is 0 Å². The average molecular weight is 366 g/mol. The summed E-state index contributed by atoms with van der Waals surface area (Å²) in [4.78, 5) is 27.7. The van der Waals surface area contributed by atoms with E-state index in [2.05, 4.69) is 10.3 Å². The number of aromatic nitrogens is 1.